The molecular formula is C9H15ClN2O3S. The quantitative estimate of drug-likeness (QED) is 0.712. The van der Waals surface area contributed by atoms with Gasteiger partial charge in [0.25, 0.3) is 0 Å². The summed E-state index contributed by atoms with van der Waals surface area (Å²) < 4.78 is 0. The van der Waals surface area contributed by atoms with Gasteiger partial charge in [0.1, 0.15) is 6.04 Å². The molecule has 16 heavy (non-hydrogen) atoms. The van der Waals surface area contributed by atoms with E-state index in [-0.39, 0.29) is 23.7 Å². The Morgan fingerprint density at radius 1 is 1.50 bits per heavy atom. The fraction of sp³-hybridized carbons (Fsp3) is 0.778. The van der Waals surface area contributed by atoms with E-state index in [0.29, 0.717) is 12.2 Å². The molecule has 2 heterocycles. The highest BCUT2D eigenvalue weighted by atomic mass is 35.5. The lowest BCUT2D eigenvalue weighted by atomic mass is 10.1. The van der Waals surface area contributed by atoms with Crippen molar-refractivity contribution in [2.24, 2.45) is 5.73 Å². The van der Waals surface area contributed by atoms with Crippen LogP contribution in [0, 0.1) is 0 Å². The van der Waals surface area contributed by atoms with Crippen molar-refractivity contribution >= 4 is 36.0 Å². The monoisotopic (exact) mass is 266 g/mol. The molecule has 2 rings (SSSR count). The van der Waals surface area contributed by atoms with Crippen LogP contribution < -0.4 is 5.73 Å². The van der Waals surface area contributed by atoms with Gasteiger partial charge in [-0.15, -0.1) is 24.2 Å². The lowest BCUT2D eigenvalue weighted by Crippen LogP contribution is -2.50. The van der Waals surface area contributed by atoms with E-state index in [1.54, 1.807) is 11.8 Å². The molecule has 2 fully saturated rings. The van der Waals surface area contributed by atoms with Crippen LogP contribution in [0.15, 0.2) is 0 Å². The van der Waals surface area contributed by atoms with Crippen LogP contribution in [0.2, 0.25) is 0 Å². The average Bonchev–Trinajstić information content (AvgIpc) is 2.55. The standard InChI is InChI=1S/C9H14N2O3S.ClH/c10-5-2-1-3-7-11(8(5)12)6(4-15-7)9(13)14;/h5-7H,1-4,10H2,(H,13,14);1H/t5-,6-,7-;/m0./s1. The van der Waals surface area contributed by atoms with Crippen LogP contribution in [0.25, 0.3) is 0 Å². The Balaban J connectivity index is 0.00000128. The van der Waals surface area contributed by atoms with Gasteiger partial charge < -0.3 is 15.7 Å². The molecule has 92 valence electrons. The molecule has 1 amide bonds. The van der Waals surface area contributed by atoms with Gasteiger partial charge in [0.05, 0.1) is 11.4 Å². The fourth-order valence-electron chi connectivity index (χ4n) is 2.10. The minimum absolute atomic E-state index is 0. The molecule has 0 aromatic heterocycles. The van der Waals surface area contributed by atoms with E-state index in [9.17, 15) is 9.59 Å². The third-order valence-electron chi connectivity index (χ3n) is 2.92. The highest BCUT2D eigenvalue weighted by Crippen LogP contribution is 2.35. The van der Waals surface area contributed by atoms with Crippen molar-refractivity contribution in [3.8, 4) is 0 Å². The first-order valence-electron chi connectivity index (χ1n) is 5.03. The molecule has 7 heteroatoms. The molecule has 2 aliphatic rings. The summed E-state index contributed by atoms with van der Waals surface area (Å²) in [4.78, 5) is 24.3. The van der Waals surface area contributed by atoms with Gasteiger partial charge in [-0.1, -0.05) is 0 Å². The van der Waals surface area contributed by atoms with Gasteiger partial charge in [0, 0.05) is 5.75 Å². The van der Waals surface area contributed by atoms with Gasteiger partial charge in [0.15, 0.2) is 0 Å². The summed E-state index contributed by atoms with van der Waals surface area (Å²) in [5, 5.41) is 9.02. The Kier molecular flexibility index (Phi) is 4.46. The van der Waals surface area contributed by atoms with Gasteiger partial charge >= 0.3 is 5.97 Å². The summed E-state index contributed by atoms with van der Waals surface area (Å²) in [5.74, 6) is -0.638. The first kappa shape index (κ1) is 13.6. The minimum Gasteiger partial charge on any atom is -0.480 e. The van der Waals surface area contributed by atoms with Crippen molar-refractivity contribution in [1.29, 1.82) is 0 Å². The summed E-state index contributed by atoms with van der Waals surface area (Å²) in [6, 6.07) is -1.20. The van der Waals surface area contributed by atoms with Gasteiger partial charge in [-0.2, -0.15) is 0 Å². The Labute approximate surface area is 104 Å². The average molecular weight is 267 g/mol. The Bertz CT molecular complexity index is 302. The van der Waals surface area contributed by atoms with Crippen molar-refractivity contribution in [2.75, 3.05) is 5.75 Å². The zero-order valence-corrected chi connectivity index (χ0v) is 10.3. The molecule has 0 aromatic carbocycles. The Morgan fingerprint density at radius 3 is 2.81 bits per heavy atom. The number of nitrogens with zero attached hydrogens (tertiary/aromatic N) is 1. The van der Waals surface area contributed by atoms with Crippen molar-refractivity contribution in [3.63, 3.8) is 0 Å². The molecule has 0 saturated carbocycles. The smallest absolute Gasteiger partial charge is 0.327 e. The first-order valence-corrected chi connectivity index (χ1v) is 6.08. The maximum Gasteiger partial charge on any atom is 0.327 e. The highest BCUT2D eigenvalue weighted by molar-refractivity contribution is 8.00. The second kappa shape index (κ2) is 5.25. The third-order valence-corrected chi connectivity index (χ3v) is 4.27. The number of carboxylic acid groups (broad SMARTS) is 1. The van der Waals surface area contributed by atoms with E-state index in [4.69, 9.17) is 10.8 Å². The molecular weight excluding hydrogens is 252 g/mol. The molecule has 3 N–H and O–H groups in total. The number of hydrogen-bond donors (Lipinski definition) is 2. The molecule has 0 aliphatic carbocycles. The number of rotatable bonds is 1. The SMILES string of the molecule is Cl.N[C@H]1CCC[C@@H]2SC[C@@H](C(=O)O)N2C1=O. The molecule has 2 aliphatic heterocycles. The Hall–Kier alpha value is -0.460. The largest absolute Gasteiger partial charge is 0.480 e. The van der Waals surface area contributed by atoms with E-state index in [1.165, 1.54) is 4.90 Å². The molecule has 5 nitrogen and oxygen atoms in total. The van der Waals surface area contributed by atoms with Crippen molar-refractivity contribution in [3.05, 3.63) is 0 Å². The number of fused-ring (bicyclic) bond motifs is 1. The predicted molar refractivity (Wildman–Crippen MR) is 63.6 cm³/mol. The van der Waals surface area contributed by atoms with E-state index in [2.05, 4.69) is 0 Å². The van der Waals surface area contributed by atoms with Crippen LogP contribution in [-0.2, 0) is 9.59 Å². The molecule has 0 spiro atoms. The van der Waals surface area contributed by atoms with Crippen LogP contribution in [0.5, 0.6) is 0 Å². The third kappa shape index (κ3) is 2.28. The van der Waals surface area contributed by atoms with Crippen LogP contribution >= 0.6 is 24.2 Å². The number of halogens is 1. The zero-order valence-electron chi connectivity index (χ0n) is 8.67. The van der Waals surface area contributed by atoms with E-state index in [0.717, 1.165) is 12.8 Å². The molecule has 3 atom stereocenters. The maximum absolute atomic E-state index is 11.9. The van der Waals surface area contributed by atoms with Crippen molar-refractivity contribution in [1.82, 2.24) is 4.90 Å². The summed E-state index contributed by atoms with van der Waals surface area (Å²) in [5.41, 5.74) is 5.70. The Morgan fingerprint density at radius 2 is 2.19 bits per heavy atom. The van der Waals surface area contributed by atoms with Crippen LogP contribution in [0.3, 0.4) is 0 Å². The number of carboxylic acids is 1. The number of hydrogen-bond acceptors (Lipinski definition) is 4. The van der Waals surface area contributed by atoms with E-state index < -0.39 is 18.1 Å². The maximum atomic E-state index is 11.9. The zero-order chi connectivity index (χ0) is 11.0. The summed E-state index contributed by atoms with van der Waals surface area (Å²) in [6.45, 7) is 0. The van der Waals surface area contributed by atoms with Gasteiger partial charge in [-0.3, -0.25) is 4.79 Å². The van der Waals surface area contributed by atoms with Crippen molar-refractivity contribution < 1.29 is 14.7 Å². The van der Waals surface area contributed by atoms with Crippen LogP contribution in [0.1, 0.15) is 19.3 Å². The van der Waals surface area contributed by atoms with E-state index >= 15 is 0 Å². The second-order valence-corrected chi connectivity index (χ2v) is 5.14. The van der Waals surface area contributed by atoms with Crippen LogP contribution in [0.4, 0.5) is 0 Å². The first-order chi connectivity index (χ1) is 7.11. The number of thioether (sulfide) groups is 1. The van der Waals surface area contributed by atoms with Crippen LogP contribution in [-0.4, -0.2) is 45.1 Å². The molecule has 0 unspecified atom stereocenters. The predicted octanol–water partition coefficient (Wildman–Crippen LogP) is 0.274. The lowest BCUT2D eigenvalue weighted by molar-refractivity contribution is -0.149. The fourth-order valence-corrected chi connectivity index (χ4v) is 3.55. The number of amides is 1. The summed E-state index contributed by atoms with van der Waals surface area (Å²) >= 11 is 1.55. The summed E-state index contributed by atoms with van der Waals surface area (Å²) in [6.07, 6.45) is 2.42. The molecule has 0 bridgehead atoms. The van der Waals surface area contributed by atoms with Gasteiger partial charge in [-0.25, -0.2) is 4.79 Å². The van der Waals surface area contributed by atoms with Gasteiger partial charge in [-0.05, 0) is 19.3 Å². The van der Waals surface area contributed by atoms with E-state index in [1.807, 2.05) is 0 Å². The van der Waals surface area contributed by atoms with Gasteiger partial charge in [0.2, 0.25) is 5.91 Å². The lowest BCUT2D eigenvalue weighted by Gasteiger charge is -2.26. The second-order valence-electron chi connectivity index (χ2n) is 3.92. The molecule has 2 saturated heterocycles. The minimum atomic E-state index is -0.924. The molecule has 0 aromatic rings. The highest BCUT2D eigenvalue weighted by Gasteiger charge is 2.44. The normalized spacial score (nSPS) is 33.9. The summed E-state index contributed by atoms with van der Waals surface area (Å²) in [7, 11) is 0. The number of nitrogens with two attached hydrogens (primary N) is 1. The van der Waals surface area contributed by atoms with Crippen molar-refractivity contribution in [2.45, 2.75) is 36.7 Å². The number of carbonyl (C=O) groups excluding carboxylic acids is 1. The topological polar surface area (TPSA) is 83.6 Å². The molecule has 0 radical (unpaired) electrons. The number of aliphatic carboxylic acids is 1. The number of carbonyl (C=O) groups is 2.